The summed E-state index contributed by atoms with van der Waals surface area (Å²) in [6.07, 6.45) is 3.32. The lowest BCUT2D eigenvalue weighted by Crippen LogP contribution is -2.27. The van der Waals surface area contributed by atoms with Gasteiger partial charge in [0.15, 0.2) is 0 Å². The minimum absolute atomic E-state index is 0.175. The average Bonchev–Trinajstić information content (AvgIpc) is 2.97. The summed E-state index contributed by atoms with van der Waals surface area (Å²) in [5.74, 6) is 0.157. The van der Waals surface area contributed by atoms with E-state index in [1.54, 1.807) is 61.7 Å². The molecule has 1 amide bonds. The fourth-order valence-corrected chi connectivity index (χ4v) is 4.02. The Labute approximate surface area is 182 Å². The van der Waals surface area contributed by atoms with Gasteiger partial charge in [-0.1, -0.05) is 47.7 Å². The van der Waals surface area contributed by atoms with Crippen molar-refractivity contribution in [2.24, 2.45) is 0 Å². The number of nitrogens with zero attached hydrogens (tertiary/aromatic N) is 1. The molecule has 1 heterocycles. The van der Waals surface area contributed by atoms with E-state index >= 15 is 0 Å². The molecular weight excluding hydrogens is 430 g/mol. The number of methoxy groups -OCH3 is 1. The maximum absolute atomic E-state index is 12.4. The molecule has 1 fully saturated rings. The zero-order valence-corrected chi connectivity index (χ0v) is 17.8. The molecule has 1 aliphatic rings. The highest BCUT2D eigenvalue weighted by molar-refractivity contribution is 8.26. The van der Waals surface area contributed by atoms with E-state index in [1.165, 1.54) is 16.7 Å². The summed E-state index contributed by atoms with van der Waals surface area (Å²) in [6, 6.07) is 11.5. The summed E-state index contributed by atoms with van der Waals surface area (Å²) in [5.41, 5.74) is 1.06. The van der Waals surface area contributed by atoms with Crippen LogP contribution in [0.2, 0.25) is 5.02 Å². The van der Waals surface area contributed by atoms with Crippen molar-refractivity contribution >= 4 is 57.9 Å². The lowest BCUT2D eigenvalue weighted by atomic mass is 10.2. The fraction of sp³-hybridized carbons (Fsp3) is 0.0952. The third kappa shape index (κ3) is 4.87. The maximum Gasteiger partial charge on any atom is 0.343 e. The van der Waals surface area contributed by atoms with Crippen LogP contribution in [0, 0.1) is 0 Å². The molecule has 0 radical (unpaired) electrons. The largest absolute Gasteiger partial charge is 0.497 e. The molecule has 1 aliphatic heterocycles. The van der Waals surface area contributed by atoms with E-state index in [9.17, 15) is 9.59 Å². The third-order valence-corrected chi connectivity index (χ3v) is 5.64. The van der Waals surface area contributed by atoms with Crippen LogP contribution < -0.4 is 9.47 Å². The topological polar surface area (TPSA) is 55.8 Å². The van der Waals surface area contributed by atoms with Crippen LogP contribution in [-0.4, -0.2) is 34.8 Å². The van der Waals surface area contributed by atoms with E-state index in [-0.39, 0.29) is 16.7 Å². The van der Waals surface area contributed by atoms with Gasteiger partial charge in [0.2, 0.25) is 0 Å². The minimum atomic E-state index is -0.535. The first-order chi connectivity index (χ1) is 13.9. The Hall–Kier alpha value is -2.61. The van der Waals surface area contributed by atoms with Crippen molar-refractivity contribution in [1.82, 2.24) is 4.90 Å². The van der Waals surface area contributed by atoms with Gasteiger partial charge in [0, 0.05) is 6.54 Å². The van der Waals surface area contributed by atoms with Gasteiger partial charge in [0.05, 0.1) is 22.6 Å². The van der Waals surface area contributed by atoms with Gasteiger partial charge in [-0.3, -0.25) is 9.69 Å². The lowest BCUT2D eigenvalue weighted by molar-refractivity contribution is -0.121. The Morgan fingerprint density at radius 1 is 1.28 bits per heavy atom. The third-order valence-electron chi connectivity index (χ3n) is 3.97. The van der Waals surface area contributed by atoms with E-state index in [4.69, 9.17) is 33.3 Å². The van der Waals surface area contributed by atoms with Crippen molar-refractivity contribution in [3.63, 3.8) is 0 Å². The zero-order chi connectivity index (χ0) is 21.0. The Morgan fingerprint density at radius 2 is 2.00 bits per heavy atom. The second-order valence-electron chi connectivity index (χ2n) is 5.89. The molecule has 0 spiro atoms. The first-order valence-electron chi connectivity index (χ1n) is 8.45. The van der Waals surface area contributed by atoms with Crippen molar-refractivity contribution in [2.75, 3.05) is 13.7 Å². The number of rotatable bonds is 6. The molecule has 2 aromatic rings. The number of carbonyl (C=O) groups excluding carboxylic acids is 2. The predicted octanol–water partition coefficient (Wildman–Crippen LogP) is 4.96. The van der Waals surface area contributed by atoms with Crippen LogP contribution >= 0.6 is 35.6 Å². The summed E-state index contributed by atoms with van der Waals surface area (Å²) in [7, 11) is 1.55. The summed E-state index contributed by atoms with van der Waals surface area (Å²) >= 11 is 12.7. The molecule has 5 nitrogen and oxygen atoms in total. The number of hydrogen-bond donors (Lipinski definition) is 0. The van der Waals surface area contributed by atoms with Gasteiger partial charge in [0.1, 0.15) is 15.8 Å². The van der Waals surface area contributed by atoms with Crippen LogP contribution in [0.5, 0.6) is 11.5 Å². The first kappa shape index (κ1) is 21.1. The normalized spacial score (nSPS) is 15.0. The molecule has 29 heavy (non-hydrogen) atoms. The Morgan fingerprint density at radius 3 is 2.62 bits per heavy atom. The summed E-state index contributed by atoms with van der Waals surface area (Å²) in [4.78, 5) is 26.7. The van der Waals surface area contributed by atoms with Crippen LogP contribution in [0.3, 0.4) is 0 Å². The summed E-state index contributed by atoms with van der Waals surface area (Å²) in [6.45, 7) is 3.99. The van der Waals surface area contributed by atoms with Crippen molar-refractivity contribution in [3.05, 3.63) is 76.2 Å². The van der Waals surface area contributed by atoms with Crippen molar-refractivity contribution < 1.29 is 19.1 Å². The molecular formula is C21H16ClNO4S2. The Balaban J connectivity index is 1.75. The molecule has 148 valence electrons. The lowest BCUT2D eigenvalue weighted by Gasteiger charge is -2.10. The van der Waals surface area contributed by atoms with Gasteiger partial charge in [-0.15, -0.1) is 6.58 Å². The number of benzene rings is 2. The summed E-state index contributed by atoms with van der Waals surface area (Å²) < 4.78 is 10.9. The molecule has 0 aliphatic carbocycles. The summed E-state index contributed by atoms with van der Waals surface area (Å²) in [5, 5.41) is 0.252. The van der Waals surface area contributed by atoms with Crippen molar-refractivity contribution in [1.29, 1.82) is 0 Å². The molecule has 3 rings (SSSR count). The van der Waals surface area contributed by atoms with Crippen LogP contribution in [0.4, 0.5) is 0 Å². The molecule has 8 heteroatoms. The van der Waals surface area contributed by atoms with Crippen molar-refractivity contribution in [3.8, 4) is 11.5 Å². The highest BCUT2D eigenvalue weighted by Crippen LogP contribution is 2.34. The number of hydrogen-bond acceptors (Lipinski definition) is 6. The zero-order valence-electron chi connectivity index (χ0n) is 15.4. The van der Waals surface area contributed by atoms with E-state index in [1.807, 2.05) is 0 Å². The highest BCUT2D eigenvalue weighted by atomic mass is 35.5. The van der Waals surface area contributed by atoms with E-state index < -0.39 is 5.97 Å². The van der Waals surface area contributed by atoms with E-state index in [2.05, 4.69) is 6.58 Å². The highest BCUT2D eigenvalue weighted by Gasteiger charge is 2.31. The molecule has 0 N–H and O–H groups in total. The number of thioether (sulfide) groups is 1. The second-order valence-corrected chi connectivity index (χ2v) is 7.97. The maximum atomic E-state index is 12.4. The molecule has 0 bridgehead atoms. The van der Waals surface area contributed by atoms with Gasteiger partial charge in [0.25, 0.3) is 5.91 Å². The van der Waals surface area contributed by atoms with Gasteiger partial charge in [-0.05, 0) is 48.0 Å². The molecule has 0 unspecified atom stereocenters. The SMILES string of the molecule is C=CCN1C(=O)/C(=C/c2ccc(OC(=O)c3ccc(OC)cc3)c(Cl)c2)SC1=S. The van der Waals surface area contributed by atoms with Crippen LogP contribution in [0.25, 0.3) is 6.08 Å². The molecule has 0 saturated carbocycles. The number of halogens is 1. The second kappa shape index (κ2) is 9.26. The van der Waals surface area contributed by atoms with Crippen LogP contribution in [0.15, 0.2) is 60.0 Å². The Kier molecular flexibility index (Phi) is 6.74. The van der Waals surface area contributed by atoms with Gasteiger partial charge in [-0.25, -0.2) is 4.79 Å². The number of carbonyl (C=O) groups is 2. The number of esters is 1. The van der Waals surface area contributed by atoms with Gasteiger partial charge < -0.3 is 9.47 Å². The van der Waals surface area contributed by atoms with Gasteiger partial charge in [-0.2, -0.15) is 0 Å². The quantitative estimate of drug-likeness (QED) is 0.206. The predicted molar refractivity (Wildman–Crippen MR) is 119 cm³/mol. The van der Waals surface area contributed by atoms with Crippen molar-refractivity contribution in [2.45, 2.75) is 0 Å². The molecule has 1 saturated heterocycles. The molecule has 0 aromatic heterocycles. The van der Waals surface area contributed by atoms with Gasteiger partial charge >= 0.3 is 5.97 Å². The fourth-order valence-electron chi connectivity index (χ4n) is 2.51. The number of amides is 1. The smallest absolute Gasteiger partial charge is 0.343 e. The van der Waals surface area contributed by atoms with E-state index in [0.29, 0.717) is 32.6 Å². The standard InChI is InChI=1S/C21H16ClNO4S2/c1-3-10-23-19(24)18(29-21(23)28)12-13-4-9-17(16(22)11-13)27-20(25)14-5-7-15(26-2)8-6-14/h3-9,11-12H,1,10H2,2H3/b18-12-. The molecule has 2 aromatic carbocycles. The van der Waals surface area contributed by atoms with Crippen LogP contribution in [-0.2, 0) is 4.79 Å². The van der Waals surface area contributed by atoms with Crippen LogP contribution in [0.1, 0.15) is 15.9 Å². The minimum Gasteiger partial charge on any atom is -0.497 e. The Bertz CT molecular complexity index is 1020. The molecule has 0 atom stereocenters. The van der Waals surface area contributed by atoms with E-state index in [0.717, 1.165) is 0 Å². The average molecular weight is 446 g/mol. The first-order valence-corrected chi connectivity index (χ1v) is 10.0. The number of thiocarbonyl (C=S) groups is 1. The monoisotopic (exact) mass is 445 g/mol. The number of ether oxygens (including phenoxy) is 2.